The van der Waals surface area contributed by atoms with Gasteiger partial charge in [-0.05, 0) is 50.0 Å². The lowest BCUT2D eigenvalue weighted by atomic mass is 9.82. The molecule has 0 bridgehead atoms. The Kier molecular flexibility index (Phi) is 8.58. The Bertz CT molecular complexity index is 1140. The average Bonchev–Trinajstić information content (AvgIpc) is 3.20. The van der Waals surface area contributed by atoms with Crippen LogP contribution in [0.1, 0.15) is 44.7 Å². The SMILES string of the molecule is CCCc1c(-c2cccc(Cl)c2F)c(-c2ccccc2)nn1CC1CCC(COCC(=O)O)CC1. The first-order chi connectivity index (χ1) is 17.0. The van der Waals surface area contributed by atoms with Crippen LogP contribution in [0.3, 0.4) is 0 Å². The number of aliphatic carboxylic acids is 1. The molecule has 0 spiro atoms. The Morgan fingerprint density at radius 3 is 2.51 bits per heavy atom. The quantitative estimate of drug-likeness (QED) is 0.331. The lowest BCUT2D eigenvalue weighted by molar-refractivity contribution is -0.142. The summed E-state index contributed by atoms with van der Waals surface area (Å²) in [4.78, 5) is 10.7. The van der Waals surface area contributed by atoms with Gasteiger partial charge in [0.2, 0.25) is 0 Å². The number of carboxylic acids is 1. The van der Waals surface area contributed by atoms with Gasteiger partial charge >= 0.3 is 5.97 Å². The van der Waals surface area contributed by atoms with E-state index >= 15 is 4.39 Å². The van der Waals surface area contributed by atoms with Crippen LogP contribution in [0.25, 0.3) is 22.4 Å². The third kappa shape index (κ3) is 6.11. The van der Waals surface area contributed by atoms with E-state index in [1.165, 1.54) is 0 Å². The van der Waals surface area contributed by atoms with Crippen molar-refractivity contribution in [1.82, 2.24) is 9.78 Å². The molecule has 5 nitrogen and oxygen atoms in total. The predicted molar refractivity (Wildman–Crippen MR) is 136 cm³/mol. The van der Waals surface area contributed by atoms with Gasteiger partial charge in [-0.1, -0.05) is 67.4 Å². The van der Waals surface area contributed by atoms with E-state index in [0.717, 1.165) is 67.6 Å². The average molecular weight is 499 g/mol. The second-order valence-electron chi connectivity index (χ2n) is 9.37. The largest absolute Gasteiger partial charge is 0.480 e. The van der Waals surface area contributed by atoms with Crippen molar-refractivity contribution in [2.75, 3.05) is 13.2 Å². The second-order valence-corrected chi connectivity index (χ2v) is 9.77. The lowest BCUT2D eigenvalue weighted by Gasteiger charge is -2.28. The highest BCUT2D eigenvalue weighted by Crippen LogP contribution is 2.39. The highest BCUT2D eigenvalue weighted by Gasteiger charge is 2.27. The molecule has 1 aliphatic rings. The van der Waals surface area contributed by atoms with Crippen molar-refractivity contribution in [2.45, 2.75) is 52.0 Å². The standard InChI is InChI=1S/C28H32ClFN2O3/c1-2-7-24-26(22-10-6-11-23(29)27(22)30)28(21-8-4-3-5-9-21)31-32(24)16-19-12-14-20(15-13-19)17-35-18-25(33)34/h3-6,8-11,19-20H,2,7,12-18H2,1H3,(H,33,34). The molecule has 7 heteroatoms. The number of hydrogen-bond acceptors (Lipinski definition) is 3. The highest BCUT2D eigenvalue weighted by molar-refractivity contribution is 6.31. The maximum Gasteiger partial charge on any atom is 0.329 e. The van der Waals surface area contributed by atoms with E-state index in [0.29, 0.717) is 24.0 Å². The summed E-state index contributed by atoms with van der Waals surface area (Å²) < 4.78 is 22.7. The maximum atomic E-state index is 15.2. The zero-order chi connectivity index (χ0) is 24.8. The van der Waals surface area contributed by atoms with E-state index in [1.54, 1.807) is 18.2 Å². The number of rotatable bonds is 10. The van der Waals surface area contributed by atoms with E-state index in [2.05, 4.69) is 11.6 Å². The summed E-state index contributed by atoms with van der Waals surface area (Å²) in [5.41, 5.74) is 4.10. The second kappa shape index (κ2) is 11.8. The van der Waals surface area contributed by atoms with Crippen LogP contribution >= 0.6 is 11.6 Å². The molecule has 0 aliphatic heterocycles. The number of carboxylic acid groups (broad SMARTS) is 1. The van der Waals surface area contributed by atoms with E-state index in [-0.39, 0.29) is 11.6 Å². The number of aromatic nitrogens is 2. The van der Waals surface area contributed by atoms with E-state index in [1.807, 2.05) is 30.3 Å². The summed E-state index contributed by atoms with van der Waals surface area (Å²) in [6, 6.07) is 15.1. The number of hydrogen-bond donors (Lipinski definition) is 1. The minimum Gasteiger partial charge on any atom is -0.480 e. The lowest BCUT2D eigenvalue weighted by Crippen LogP contribution is -2.23. The van der Waals surface area contributed by atoms with Crippen LogP contribution in [-0.4, -0.2) is 34.1 Å². The molecular weight excluding hydrogens is 467 g/mol. The zero-order valence-electron chi connectivity index (χ0n) is 20.1. The van der Waals surface area contributed by atoms with Gasteiger partial charge in [0.05, 0.1) is 11.6 Å². The van der Waals surface area contributed by atoms with E-state index in [4.69, 9.17) is 26.5 Å². The van der Waals surface area contributed by atoms with Crippen molar-refractivity contribution < 1.29 is 19.0 Å². The van der Waals surface area contributed by atoms with Crippen LogP contribution in [0.15, 0.2) is 48.5 Å². The van der Waals surface area contributed by atoms with Gasteiger partial charge in [0.15, 0.2) is 0 Å². The van der Waals surface area contributed by atoms with Gasteiger partial charge < -0.3 is 9.84 Å². The third-order valence-electron chi connectivity index (χ3n) is 6.79. The Balaban J connectivity index is 1.62. The molecule has 186 valence electrons. The van der Waals surface area contributed by atoms with Crippen LogP contribution in [0.2, 0.25) is 5.02 Å². The van der Waals surface area contributed by atoms with E-state index in [9.17, 15) is 4.79 Å². The minimum absolute atomic E-state index is 0.111. The molecule has 1 N–H and O–H groups in total. The number of nitrogens with zero attached hydrogens (tertiary/aromatic N) is 2. The fourth-order valence-corrected chi connectivity index (χ4v) is 5.23. The summed E-state index contributed by atoms with van der Waals surface area (Å²) in [6.07, 6.45) is 5.80. The smallest absolute Gasteiger partial charge is 0.329 e. The molecule has 2 aromatic carbocycles. The van der Waals surface area contributed by atoms with Gasteiger partial charge in [-0.2, -0.15) is 5.10 Å². The molecule has 0 atom stereocenters. The van der Waals surface area contributed by atoms with Gasteiger partial charge in [0.25, 0.3) is 0 Å². The molecular formula is C28H32ClFN2O3. The molecule has 3 aromatic rings. The van der Waals surface area contributed by atoms with Gasteiger partial charge in [-0.15, -0.1) is 0 Å². The zero-order valence-corrected chi connectivity index (χ0v) is 20.8. The van der Waals surface area contributed by atoms with Crippen LogP contribution in [0.4, 0.5) is 4.39 Å². The Labute approximate surface area is 210 Å². The van der Waals surface area contributed by atoms with Gasteiger partial charge in [-0.3, -0.25) is 4.68 Å². The molecule has 1 saturated carbocycles. The van der Waals surface area contributed by atoms with Crippen LogP contribution < -0.4 is 0 Å². The number of benzene rings is 2. The van der Waals surface area contributed by atoms with Crippen molar-refractivity contribution in [3.63, 3.8) is 0 Å². The summed E-state index contributed by atoms with van der Waals surface area (Å²) in [5.74, 6) is -0.483. The van der Waals surface area contributed by atoms with Gasteiger partial charge in [0.1, 0.15) is 18.1 Å². The molecule has 0 saturated heterocycles. The fourth-order valence-electron chi connectivity index (χ4n) is 5.05. The van der Waals surface area contributed by atoms with Crippen molar-refractivity contribution in [3.05, 3.63) is 65.1 Å². The number of carbonyl (C=O) groups is 1. The van der Waals surface area contributed by atoms with Crippen molar-refractivity contribution >= 4 is 17.6 Å². The molecule has 0 amide bonds. The molecule has 1 fully saturated rings. The van der Waals surface area contributed by atoms with Crippen molar-refractivity contribution in [3.8, 4) is 22.4 Å². The molecule has 35 heavy (non-hydrogen) atoms. The fraction of sp³-hybridized carbons (Fsp3) is 0.429. The van der Waals surface area contributed by atoms with Crippen molar-refractivity contribution in [1.29, 1.82) is 0 Å². The normalized spacial score (nSPS) is 18.0. The van der Waals surface area contributed by atoms with Crippen molar-refractivity contribution in [2.24, 2.45) is 11.8 Å². The number of ether oxygens (including phenoxy) is 1. The highest BCUT2D eigenvalue weighted by atomic mass is 35.5. The molecule has 0 radical (unpaired) electrons. The first kappa shape index (κ1) is 25.4. The third-order valence-corrected chi connectivity index (χ3v) is 7.08. The molecule has 4 rings (SSSR count). The monoisotopic (exact) mass is 498 g/mol. The number of halogens is 2. The van der Waals surface area contributed by atoms with Gasteiger partial charge in [0, 0.05) is 28.9 Å². The van der Waals surface area contributed by atoms with Crippen LogP contribution in [0.5, 0.6) is 0 Å². The Hall–Kier alpha value is -2.70. The first-order valence-corrected chi connectivity index (χ1v) is 12.7. The Morgan fingerprint density at radius 1 is 1.11 bits per heavy atom. The summed E-state index contributed by atoms with van der Waals surface area (Å²) >= 11 is 6.18. The molecule has 1 aliphatic carbocycles. The van der Waals surface area contributed by atoms with Gasteiger partial charge in [-0.25, -0.2) is 9.18 Å². The minimum atomic E-state index is -0.929. The molecule has 0 unspecified atom stereocenters. The first-order valence-electron chi connectivity index (χ1n) is 12.4. The summed E-state index contributed by atoms with van der Waals surface area (Å²) in [7, 11) is 0. The molecule has 1 heterocycles. The van der Waals surface area contributed by atoms with E-state index < -0.39 is 11.8 Å². The van der Waals surface area contributed by atoms with Crippen LogP contribution in [0, 0.1) is 17.7 Å². The summed E-state index contributed by atoms with van der Waals surface area (Å²) in [5, 5.41) is 13.9. The predicted octanol–water partition coefficient (Wildman–Crippen LogP) is 6.87. The topological polar surface area (TPSA) is 64.4 Å². The molecule has 1 aromatic heterocycles. The Morgan fingerprint density at radius 2 is 1.83 bits per heavy atom. The van der Waals surface area contributed by atoms with Crippen LogP contribution in [-0.2, 0) is 22.5 Å². The summed E-state index contributed by atoms with van der Waals surface area (Å²) in [6.45, 7) is 3.16. The maximum absolute atomic E-state index is 15.2.